The van der Waals surface area contributed by atoms with Crippen LogP contribution in [-0.4, -0.2) is 39.2 Å². The third kappa shape index (κ3) is 3.39. The van der Waals surface area contributed by atoms with Gasteiger partial charge >= 0.3 is 5.97 Å². The van der Waals surface area contributed by atoms with Gasteiger partial charge in [0.05, 0.1) is 31.8 Å². The third-order valence-electron chi connectivity index (χ3n) is 4.01. The first-order chi connectivity index (χ1) is 10.0. The van der Waals surface area contributed by atoms with Gasteiger partial charge in [-0.05, 0) is 20.5 Å². The van der Waals surface area contributed by atoms with Crippen LogP contribution in [0.1, 0.15) is 32.6 Å². The van der Waals surface area contributed by atoms with Gasteiger partial charge in [-0.3, -0.25) is 0 Å². The molecule has 0 N–H and O–H groups in total. The number of carbonyl (C=O) groups excluding carboxylic acids is 1. The van der Waals surface area contributed by atoms with Gasteiger partial charge in [0.1, 0.15) is 0 Å². The van der Waals surface area contributed by atoms with Crippen LogP contribution in [0, 0.1) is 0 Å². The molecule has 0 bridgehead atoms. The average Bonchev–Trinajstić information content (AvgIpc) is 2.93. The molecule has 0 aromatic rings. The molecule has 6 nitrogen and oxygen atoms in total. The van der Waals surface area contributed by atoms with E-state index in [0.717, 1.165) is 24.0 Å². The molecule has 6 heteroatoms. The van der Waals surface area contributed by atoms with Crippen molar-refractivity contribution in [2.24, 2.45) is 0 Å². The summed E-state index contributed by atoms with van der Waals surface area (Å²) < 4.78 is 20.7. The number of rotatable bonds is 4. The van der Waals surface area contributed by atoms with Gasteiger partial charge in [-0.1, -0.05) is 11.1 Å². The molecule has 1 saturated heterocycles. The highest BCUT2D eigenvalue weighted by Crippen LogP contribution is 2.40. The highest BCUT2D eigenvalue weighted by atomic mass is 16.7. The summed E-state index contributed by atoms with van der Waals surface area (Å²) in [4.78, 5) is 11.7. The van der Waals surface area contributed by atoms with Crippen molar-refractivity contribution in [1.29, 1.82) is 0 Å². The molecule has 0 atom stereocenters. The lowest BCUT2D eigenvalue weighted by Gasteiger charge is -2.34. The van der Waals surface area contributed by atoms with Gasteiger partial charge in [-0.2, -0.15) is 0 Å². The Hall–Kier alpha value is -1.53. The fraction of sp³-hybridized carbons (Fsp3) is 0.667. The molecule has 0 saturated carbocycles. The average molecular weight is 297 g/mol. The maximum Gasteiger partial charge on any atom is 0.335 e. The summed E-state index contributed by atoms with van der Waals surface area (Å²) in [6, 6.07) is 0. The van der Waals surface area contributed by atoms with E-state index >= 15 is 0 Å². The van der Waals surface area contributed by atoms with E-state index in [2.05, 4.69) is 9.47 Å². The number of methoxy groups -OCH3 is 2. The lowest BCUT2D eigenvalue weighted by molar-refractivity contribution is -0.355. The van der Waals surface area contributed by atoms with Crippen molar-refractivity contribution in [1.82, 2.24) is 0 Å². The molecule has 1 heterocycles. The van der Waals surface area contributed by atoms with Crippen LogP contribution in [-0.2, 0) is 23.7 Å². The molecule has 0 amide bonds. The Morgan fingerprint density at radius 1 is 1.29 bits per heavy atom. The van der Waals surface area contributed by atoms with E-state index in [1.165, 1.54) is 14.2 Å². The van der Waals surface area contributed by atoms with Crippen LogP contribution in [0.4, 0.5) is 0 Å². The predicted molar refractivity (Wildman–Crippen MR) is 71.9 cm³/mol. The van der Waals surface area contributed by atoms with E-state index in [0.29, 0.717) is 19.6 Å². The highest BCUT2D eigenvalue weighted by Gasteiger charge is 2.39. The Kier molecular flexibility index (Phi) is 4.90. The van der Waals surface area contributed by atoms with E-state index < -0.39 is 17.7 Å². The van der Waals surface area contributed by atoms with Crippen molar-refractivity contribution in [3.63, 3.8) is 0 Å². The zero-order chi connectivity index (χ0) is 15.5. The van der Waals surface area contributed by atoms with Gasteiger partial charge in [0, 0.05) is 19.3 Å². The van der Waals surface area contributed by atoms with Gasteiger partial charge < -0.3 is 24.1 Å². The summed E-state index contributed by atoms with van der Waals surface area (Å²) in [6.45, 7) is 3.21. The second-order valence-electron chi connectivity index (χ2n) is 5.31. The van der Waals surface area contributed by atoms with Gasteiger partial charge in [-0.15, -0.1) is 0 Å². The molecule has 2 rings (SSSR count). The zero-order valence-electron chi connectivity index (χ0n) is 12.7. The van der Waals surface area contributed by atoms with Gasteiger partial charge in [0.15, 0.2) is 5.79 Å². The molecule has 1 fully saturated rings. The summed E-state index contributed by atoms with van der Waals surface area (Å²) in [7, 11) is 2.51. The third-order valence-corrected chi connectivity index (χ3v) is 4.01. The zero-order valence-corrected chi connectivity index (χ0v) is 12.7. The predicted octanol–water partition coefficient (Wildman–Crippen LogP) is 1.01. The molecule has 118 valence electrons. The molecule has 2 aliphatic rings. The SMILES string of the molecule is COC(=O)/C(CC1=C(C)CC2(CC1)OCCO2)=C(\[O-])OC. The largest absolute Gasteiger partial charge is 0.616 e. The number of allylic oxidation sites excluding steroid dienone is 1. The lowest BCUT2D eigenvalue weighted by Crippen LogP contribution is -2.33. The first kappa shape index (κ1) is 15.9. The quantitative estimate of drug-likeness (QED) is 0.333. The normalized spacial score (nSPS) is 22.2. The second-order valence-corrected chi connectivity index (χ2v) is 5.31. The van der Waals surface area contributed by atoms with Crippen LogP contribution in [0.5, 0.6) is 0 Å². The Morgan fingerprint density at radius 3 is 2.48 bits per heavy atom. The Bertz CT molecular complexity index is 471. The summed E-state index contributed by atoms with van der Waals surface area (Å²) >= 11 is 0. The number of carbonyl (C=O) groups is 1. The molecule has 1 spiro atoms. The summed E-state index contributed by atoms with van der Waals surface area (Å²) in [6.07, 6.45) is 2.37. The second kappa shape index (κ2) is 6.49. The van der Waals surface area contributed by atoms with Gasteiger partial charge in [0.25, 0.3) is 0 Å². The molecule has 1 aliphatic heterocycles. The summed E-state index contributed by atoms with van der Waals surface area (Å²) in [5, 5.41) is 11.7. The Morgan fingerprint density at radius 2 is 1.95 bits per heavy atom. The van der Waals surface area contributed by atoms with Crippen LogP contribution < -0.4 is 5.11 Å². The number of esters is 1. The van der Waals surface area contributed by atoms with E-state index in [1.807, 2.05) is 6.92 Å². The molecule has 1 aliphatic carbocycles. The summed E-state index contributed by atoms with van der Waals surface area (Å²) in [5.41, 5.74) is 2.16. The van der Waals surface area contributed by atoms with Gasteiger partial charge in [-0.25, -0.2) is 4.79 Å². The van der Waals surface area contributed by atoms with Crippen molar-refractivity contribution in [2.45, 2.75) is 38.4 Å². The number of hydrogen-bond acceptors (Lipinski definition) is 6. The van der Waals surface area contributed by atoms with Crippen molar-refractivity contribution >= 4 is 5.97 Å². The van der Waals surface area contributed by atoms with Gasteiger partial charge in [0.2, 0.25) is 0 Å². The van der Waals surface area contributed by atoms with Crippen LogP contribution in [0.15, 0.2) is 22.7 Å². The van der Waals surface area contributed by atoms with Crippen molar-refractivity contribution in [2.75, 3.05) is 27.4 Å². The molecule has 0 unspecified atom stereocenters. The van der Waals surface area contributed by atoms with E-state index in [-0.39, 0.29) is 12.0 Å². The molecule has 0 aromatic heterocycles. The standard InChI is InChI=1S/C15H22O6/c1-10-9-15(20-6-7-21-15)5-4-11(10)8-12(13(16)18-2)14(17)19-3/h16H,4-9H2,1-3H3/p-1/b13-12+. The number of hydrogen-bond donors (Lipinski definition) is 0. The first-order valence-corrected chi connectivity index (χ1v) is 6.99. The van der Waals surface area contributed by atoms with E-state index in [4.69, 9.17) is 9.47 Å². The monoisotopic (exact) mass is 297 g/mol. The van der Waals surface area contributed by atoms with Crippen LogP contribution in [0.25, 0.3) is 0 Å². The highest BCUT2D eigenvalue weighted by molar-refractivity contribution is 5.89. The van der Waals surface area contributed by atoms with E-state index in [9.17, 15) is 9.90 Å². The minimum Gasteiger partial charge on any atom is -0.616 e. The van der Waals surface area contributed by atoms with Crippen LogP contribution in [0.2, 0.25) is 0 Å². The maximum atomic E-state index is 11.7. The van der Waals surface area contributed by atoms with Crippen molar-refractivity contribution in [3.8, 4) is 0 Å². The van der Waals surface area contributed by atoms with E-state index in [1.54, 1.807) is 0 Å². The summed E-state index contributed by atoms with van der Waals surface area (Å²) in [5.74, 6) is -1.80. The topological polar surface area (TPSA) is 77.1 Å². The molecule has 21 heavy (non-hydrogen) atoms. The van der Waals surface area contributed by atoms with Crippen molar-refractivity contribution < 1.29 is 28.8 Å². The van der Waals surface area contributed by atoms with Crippen molar-refractivity contribution in [3.05, 3.63) is 22.7 Å². The maximum absolute atomic E-state index is 11.7. The first-order valence-electron chi connectivity index (χ1n) is 6.99. The number of ether oxygens (including phenoxy) is 4. The fourth-order valence-electron chi connectivity index (χ4n) is 2.84. The fourth-order valence-corrected chi connectivity index (χ4v) is 2.84. The smallest absolute Gasteiger partial charge is 0.335 e. The molecular formula is C15H21O6-. The minimum absolute atomic E-state index is 0.0264. The molecular weight excluding hydrogens is 276 g/mol. The van der Waals surface area contributed by atoms with Crippen LogP contribution in [0.3, 0.4) is 0 Å². The molecule has 0 aromatic carbocycles. The Labute approximate surface area is 124 Å². The minimum atomic E-state index is -0.643. The molecule has 0 radical (unpaired) electrons. The Balaban J connectivity index is 2.16. The van der Waals surface area contributed by atoms with Crippen LogP contribution >= 0.6 is 0 Å². The lowest BCUT2D eigenvalue weighted by atomic mass is 9.85.